The minimum atomic E-state index is -3.47. The summed E-state index contributed by atoms with van der Waals surface area (Å²) in [7, 11) is -1.91. The van der Waals surface area contributed by atoms with Gasteiger partial charge in [0.1, 0.15) is 12.3 Å². The van der Waals surface area contributed by atoms with E-state index in [1.54, 1.807) is 35.7 Å². The molecular weight excluding hydrogens is 356 g/mol. The van der Waals surface area contributed by atoms with Gasteiger partial charge in [0.25, 0.3) is 0 Å². The van der Waals surface area contributed by atoms with Crippen molar-refractivity contribution in [3.05, 3.63) is 30.1 Å². The van der Waals surface area contributed by atoms with E-state index in [1.807, 2.05) is 4.68 Å². The van der Waals surface area contributed by atoms with Crippen LogP contribution in [0.2, 0.25) is 0 Å². The van der Waals surface area contributed by atoms with Gasteiger partial charge in [0.05, 0.1) is 38.2 Å². The molecule has 2 aromatic rings. The first-order chi connectivity index (χ1) is 12.5. The van der Waals surface area contributed by atoms with E-state index in [9.17, 15) is 8.42 Å². The molecule has 1 N–H and O–H groups in total. The van der Waals surface area contributed by atoms with E-state index in [0.717, 1.165) is 31.9 Å². The second-order valence-corrected chi connectivity index (χ2v) is 8.26. The zero-order valence-electron chi connectivity index (χ0n) is 15.1. The molecule has 1 aromatic carbocycles. The van der Waals surface area contributed by atoms with Gasteiger partial charge in [0.15, 0.2) is 0 Å². The third kappa shape index (κ3) is 4.02. The molecule has 26 heavy (non-hydrogen) atoms. The van der Waals surface area contributed by atoms with Crippen molar-refractivity contribution in [2.75, 3.05) is 33.3 Å². The van der Waals surface area contributed by atoms with Crippen molar-refractivity contribution in [3.8, 4) is 5.75 Å². The standard InChI is InChI=1S/C16H24N6O3S/c1-3-8-22-16(17-18-19-22)13-20-9-11-21(12-10-20)26(23,24)15-6-4-14(25-2)5-7-15/h4-7H,3,8-13H2,1-2H3/p+1. The highest BCUT2D eigenvalue weighted by Crippen LogP contribution is 2.19. The Hall–Kier alpha value is -2.04. The molecule has 0 bridgehead atoms. The number of quaternary nitrogens is 1. The molecule has 3 rings (SSSR count). The Bertz CT molecular complexity index is 813. The lowest BCUT2D eigenvalue weighted by molar-refractivity contribution is -0.918. The number of sulfonamides is 1. The van der Waals surface area contributed by atoms with Gasteiger partial charge in [-0.3, -0.25) is 0 Å². The zero-order chi connectivity index (χ0) is 18.6. The number of piperazine rings is 1. The lowest BCUT2D eigenvalue weighted by Crippen LogP contribution is -3.13. The Kier molecular flexibility index (Phi) is 5.84. The number of hydrogen-bond donors (Lipinski definition) is 1. The summed E-state index contributed by atoms with van der Waals surface area (Å²) in [5.41, 5.74) is 0. The van der Waals surface area contributed by atoms with Gasteiger partial charge < -0.3 is 9.64 Å². The highest BCUT2D eigenvalue weighted by molar-refractivity contribution is 7.89. The fourth-order valence-electron chi connectivity index (χ4n) is 3.08. The predicted octanol–water partition coefficient (Wildman–Crippen LogP) is -0.819. The van der Waals surface area contributed by atoms with Crippen LogP contribution in [0.4, 0.5) is 0 Å². The van der Waals surface area contributed by atoms with Crippen molar-refractivity contribution >= 4 is 10.0 Å². The molecular formula is C16H25N6O3S+. The Balaban J connectivity index is 1.61. The molecule has 1 aliphatic rings. The number of nitrogens with zero attached hydrogens (tertiary/aromatic N) is 5. The Morgan fingerprint density at radius 3 is 2.50 bits per heavy atom. The molecule has 1 saturated heterocycles. The molecule has 0 saturated carbocycles. The number of tetrazole rings is 1. The minimum Gasteiger partial charge on any atom is -0.497 e. The van der Waals surface area contributed by atoms with Gasteiger partial charge in [-0.2, -0.15) is 4.31 Å². The number of ether oxygens (including phenoxy) is 1. The zero-order valence-corrected chi connectivity index (χ0v) is 15.9. The van der Waals surface area contributed by atoms with Crippen LogP contribution in [0.25, 0.3) is 0 Å². The van der Waals surface area contributed by atoms with E-state index in [1.165, 1.54) is 4.90 Å². The number of hydrogen-bond acceptors (Lipinski definition) is 6. The van der Waals surface area contributed by atoms with Crippen molar-refractivity contribution in [3.63, 3.8) is 0 Å². The first kappa shape index (κ1) is 18.7. The van der Waals surface area contributed by atoms with Gasteiger partial charge in [0, 0.05) is 6.54 Å². The highest BCUT2D eigenvalue weighted by Gasteiger charge is 2.31. The van der Waals surface area contributed by atoms with Gasteiger partial charge in [0.2, 0.25) is 15.8 Å². The molecule has 10 heteroatoms. The van der Waals surface area contributed by atoms with Crippen molar-refractivity contribution in [1.29, 1.82) is 0 Å². The van der Waals surface area contributed by atoms with Gasteiger partial charge >= 0.3 is 0 Å². The normalized spacial score (nSPS) is 16.7. The molecule has 0 atom stereocenters. The summed E-state index contributed by atoms with van der Waals surface area (Å²) < 4.78 is 34.0. The van der Waals surface area contributed by atoms with Crippen LogP contribution in [-0.2, 0) is 23.1 Å². The second-order valence-electron chi connectivity index (χ2n) is 6.32. The maximum atomic E-state index is 12.8. The van der Waals surface area contributed by atoms with Crippen LogP contribution in [0.1, 0.15) is 19.2 Å². The van der Waals surface area contributed by atoms with Crippen molar-refractivity contribution in [2.24, 2.45) is 0 Å². The summed E-state index contributed by atoms with van der Waals surface area (Å²) >= 11 is 0. The molecule has 142 valence electrons. The van der Waals surface area contributed by atoms with E-state index in [0.29, 0.717) is 30.3 Å². The monoisotopic (exact) mass is 381 g/mol. The van der Waals surface area contributed by atoms with Gasteiger partial charge in [-0.15, -0.1) is 5.10 Å². The molecule has 0 unspecified atom stereocenters. The Labute approximate surface area is 153 Å². The maximum Gasteiger partial charge on any atom is 0.243 e. The van der Waals surface area contributed by atoms with Crippen LogP contribution in [0, 0.1) is 0 Å². The number of rotatable bonds is 7. The summed E-state index contributed by atoms with van der Waals surface area (Å²) in [6.45, 7) is 6.03. The lowest BCUT2D eigenvalue weighted by Gasteiger charge is -2.31. The quantitative estimate of drug-likeness (QED) is 0.674. The Morgan fingerprint density at radius 2 is 1.88 bits per heavy atom. The number of nitrogens with one attached hydrogen (secondary N) is 1. The van der Waals surface area contributed by atoms with Crippen LogP contribution in [0.5, 0.6) is 5.75 Å². The second kappa shape index (κ2) is 8.11. The van der Waals surface area contributed by atoms with Crippen molar-refractivity contribution < 1.29 is 18.1 Å². The van der Waals surface area contributed by atoms with Crippen LogP contribution in [-0.4, -0.2) is 66.2 Å². The number of aromatic nitrogens is 4. The van der Waals surface area contributed by atoms with Crippen LogP contribution >= 0.6 is 0 Å². The topological polar surface area (TPSA) is 94.6 Å². The molecule has 2 heterocycles. The first-order valence-electron chi connectivity index (χ1n) is 8.77. The maximum absolute atomic E-state index is 12.8. The van der Waals surface area contributed by atoms with Crippen LogP contribution in [0.3, 0.4) is 0 Å². The third-order valence-corrected chi connectivity index (χ3v) is 6.49. The van der Waals surface area contributed by atoms with Crippen LogP contribution < -0.4 is 9.64 Å². The van der Waals surface area contributed by atoms with Crippen LogP contribution in [0.15, 0.2) is 29.2 Å². The van der Waals surface area contributed by atoms with E-state index in [2.05, 4.69) is 22.4 Å². The predicted molar refractivity (Wildman–Crippen MR) is 94.3 cm³/mol. The van der Waals surface area contributed by atoms with Crippen molar-refractivity contribution in [2.45, 2.75) is 31.3 Å². The van der Waals surface area contributed by atoms with Gasteiger partial charge in [-0.1, -0.05) is 6.92 Å². The largest absolute Gasteiger partial charge is 0.497 e. The summed E-state index contributed by atoms with van der Waals surface area (Å²) in [5, 5.41) is 11.9. The third-order valence-electron chi connectivity index (χ3n) is 4.58. The highest BCUT2D eigenvalue weighted by atomic mass is 32.2. The minimum absolute atomic E-state index is 0.300. The molecule has 1 aliphatic heterocycles. The molecule has 1 aromatic heterocycles. The molecule has 0 aliphatic carbocycles. The number of aryl methyl sites for hydroxylation is 1. The van der Waals surface area contributed by atoms with E-state index in [4.69, 9.17) is 4.74 Å². The van der Waals surface area contributed by atoms with E-state index >= 15 is 0 Å². The number of methoxy groups -OCH3 is 1. The SMILES string of the molecule is CCCn1nnnc1C[NH+]1CCN(S(=O)(=O)c2ccc(OC)cc2)CC1. The molecule has 0 radical (unpaired) electrons. The molecule has 9 nitrogen and oxygen atoms in total. The summed E-state index contributed by atoms with van der Waals surface area (Å²) in [5.74, 6) is 1.50. The fraction of sp³-hybridized carbons (Fsp3) is 0.562. The number of benzene rings is 1. The lowest BCUT2D eigenvalue weighted by atomic mass is 10.3. The first-order valence-corrected chi connectivity index (χ1v) is 10.2. The average Bonchev–Trinajstić information content (AvgIpc) is 3.09. The summed E-state index contributed by atoms with van der Waals surface area (Å²) in [6.07, 6.45) is 0.973. The van der Waals surface area contributed by atoms with Gasteiger partial charge in [-0.05, 0) is 41.1 Å². The molecule has 0 spiro atoms. The summed E-state index contributed by atoms with van der Waals surface area (Å²) in [6, 6.07) is 6.52. The molecule has 1 fully saturated rings. The van der Waals surface area contributed by atoms with Gasteiger partial charge in [-0.25, -0.2) is 13.1 Å². The molecule has 0 amide bonds. The van der Waals surface area contributed by atoms with E-state index in [-0.39, 0.29) is 0 Å². The smallest absolute Gasteiger partial charge is 0.243 e. The fourth-order valence-corrected chi connectivity index (χ4v) is 4.52. The Morgan fingerprint density at radius 1 is 1.19 bits per heavy atom. The van der Waals surface area contributed by atoms with E-state index < -0.39 is 10.0 Å². The average molecular weight is 381 g/mol. The van der Waals surface area contributed by atoms with Crippen molar-refractivity contribution in [1.82, 2.24) is 24.5 Å². The summed E-state index contributed by atoms with van der Waals surface area (Å²) in [4.78, 5) is 1.59.